The Morgan fingerprint density at radius 3 is 2.67 bits per heavy atom. The number of sulfonamides is 1. The Morgan fingerprint density at radius 1 is 1.24 bits per heavy atom. The summed E-state index contributed by atoms with van der Waals surface area (Å²) in [6.45, 7) is 0.982. The molecule has 5 nitrogen and oxygen atoms in total. The summed E-state index contributed by atoms with van der Waals surface area (Å²) in [5, 5.41) is 1.78. The van der Waals surface area contributed by atoms with E-state index in [2.05, 4.69) is 4.98 Å². The van der Waals surface area contributed by atoms with Gasteiger partial charge in [-0.1, -0.05) is 6.07 Å². The first kappa shape index (κ1) is 14.5. The number of nitrogens with zero attached hydrogens (tertiary/aromatic N) is 2. The topological polar surface area (TPSA) is 59.5 Å². The van der Waals surface area contributed by atoms with Gasteiger partial charge in [0.25, 0.3) is 10.0 Å². The Hall–Kier alpha value is -1.44. The van der Waals surface area contributed by atoms with Gasteiger partial charge in [-0.15, -0.1) is 11.3 Å². The van der Waals surface area contributed by atoms with Crippen LogP contribution in [0, 0.1) is 0 Å². The van der Waals surface area contributed by atoms with E-state index in [0.29, 0.717) is 30.1 Å². The normalized spacial score (nSPS) is 17.7. The molecule has 0 spiro atoms. The molecule has 21 heavy (non-hydrogen) atoms. The minimum atomic E-state index is -3.33. The second kappa shape index (κ2) is 6.13. The van der Waals surface area contributed by atoms with Crippen LogP contribution in [0.25, 0.3) is 0 Å². The number of hydrogen-bond acceptors (Lipinski definition) is 5. The second-order valence-corrected chi connectivity index (χ2v) is 7.95. The minimum absolute atomic E-state index is 0.0454. The lowest BCUT2D eigenvalue weighted by molar-refractivity contribution is 0.135. The number of hydrogen-bond donors (Lipinski definition) is 0. The predicted molar refractivity (Wildman–Crippen MR) is 81.0 cm³/mol. The van der Waals surface area contributed by atoms with Crippen molar-refractivity contribution in [3.8, 4) is 5.75 Å². The molecule has 7 heteroatoms. The van der Waals surface area contributed by atoms with Crippen LogP contribution in [0.5, 0.6) is 5.75 Å². The van der Waals surface area contributed by atoms with Crippen molar-refractivity contribution in [3.63, 3.8) is 0 Å². The average molecular weight is 324 g/mol. The highest BCUT2D eigenvalue weighted by Gasteiger charge is 2.30. The van der Waals surface area contributed by atoms with Crippen molar-refractivity contribution in [1.29, 1.82) is 0 Å². The summed E-state index contributed by atoms with van der Waals surface area (Å²) in [7, 11) is -3.33. The fourth-order valence-electron chi connectivity index (χ4n) is 2.34. The summed E-state index contributed by atoms with van der Waals surface area (Å²) in [5.41, 5.74) is 0. The van der Waals surface area contributed by atoms with Crippen molar-refractivity contribution in [2.24, 2.45) is 0 Å². The first-order valence-electron chi connectivity index (χ1n) is 6.76. The molecule has 0 aliphatic carbocycles. The third-order valence-electron chi connectivity index (χ3n) is 3.43. The molecule has 3 heterocycles. The van der Waals surface area contributed by atoms with Crippen LogP contribution in [-0.4, -0.2) is 36.9 Å². The second-order valence-electron chi connectivity index (χ2n) is 4.84. The lowest BCUT2D eigenvalue weighted by atomic mass is 10.1. The molecular weight excluding hydrogens is 308 g/mol. The SMILES string of the molecule is O=S(=O)(c1cccs1)N1CCC(Oc2cccnc2)CC1. The van der Waals surface area contributed by atoms with Gasteiger partial charge in [-0.2, -0.15) is 4.31 Å². The van der Waals surface area contributed by atoms with Crippen LogP contribution in [0.4, 0.5) is 0 Å². The number of piperidine rings is 1. The van der Waals surface area contributed by atoms with E-state index in [1.54, 1.807) is 34.2 Å². The Balaban J connectivity index is 1.61. The first-order valence-corrected chi connectivity index (χ1v) is 9.08. The fraction of sp³-hybridized carbons (Fsp3) is 0.357. The van der Waals surface area contributed by atoms with Crippen molar-refractivity contribution in [3.05, 3.63) is 42.0 Å². The Labute approximate surface area is 128 Å². The van der Waals surface area contributed by atoms with E-state index < -0.39 is 10.0 Å². The molecule has 3 rings (SSSR count). The van der Waals surface area contributed by atoms with Crippen LogP contribution >= 0.6 is 11.3 Å². The standard InChI is InChI=1S/C14H16N2O3S2/c17-21(18,14-4-2-10-20-14)16-8-5-12(6-9-16)19-13-3-1-7-15-11-13/h1-4,7,10-12H,5-6,8-9H2. The molecule has 1 fully saturated rings. The van der Waals surface area contributed by atoms with Gasteiger partial charge in [-0.25, -0.2) is 8.42 Å². The van der Waals surface area contributed by atoms with Crippen molar-refractivity contribution < 1.29 is 13.2 Å². The average Bonchev–Trinajstić information content (AvgIpc) is 3.04. The molecule has 2 aromatic rings. The van der Waals surface area contributed by atoms with Gasteiger partial charge >= 0.3 is 0 Å². The summed E-state index contributed by atoms with van der Waals surface area (Å²) in [4.78, 5) is 4.01. The first-order chi connectivity index (χ1) is 10.2. The predicted octanol–water partition coefficient (Wildman–Crippen LogP) is 2.38. The molecule has 0 unspecified atom stereocenters. The lowest BCUT2D eigenvalue weighted by Crippen LogP contribution is -2.41. The van der Waals surface area contributed by atoms with Gasteiger partial charge in [-0.3, -0.25) is 4.98 Å². The molecule has 0 radical (unpaired) electrons. The molecule has 0 aromatic carbocycles. The molecule has 2 aromatic heterocycles. The molecule has 0 amide bonds. The summed E-state index contributed by atoms with van der Waals surface area (Å²) in [6.07, 6.45) is 4.81. The molecule has 1 aliphatic rings. The van der Waals surface area contributed by atoms with Gasteiger partial charge in [0.05, 0.1) is 6.20 Å². The Kier molecular flexibility index (Phi) is 4.23. The minimum Gasteiger partial charge on any atom is -0.489 e. The highest BCUT2D eigenvalue weighted by atomic mass is 32.2. The molecule has 0 bridgehead atoms. The number of rotatable bonds is 4. The molecule has 0 N–H and O–H groups in total. The maximum Gasteiger partial charge on any atom is 0.252 e. The summed E-state index contributed by atoms with van der Waals surface area (Å²) in [6, 6.07) is 7.10. The summed E-state index contributed by atoms with van der Waals surface area (Å²) >= 11 is 1.26. The van der Waals surface area contributed by atoms with E-state index in [-0.39, 0.29) is 6.10 Å². The Morgan fingerprint density at radius 2 is 2.05 bits per heavy atom. The zero-order chi connectivity index (χ0) is 14.7. The van der Waals surface area contributed by atoms with Crippen LogP contribution < -0.4 is 4.74 Å². The van der Waals surface area contributed by atoms with E-state index in [1.807, 2.05) is 12.1 Å². The summed E-state index contributed by atoms with van der Waals surface area (Å²) in [5.74, 6) is 0.733. The third-order valence-corrected chi connectivity index (χ3v) is 6.70. The lowest BCUT2D eigenvalue weighted by Gasteiger charge is -2.30. The van der Waals surface area contributed by atoms with E-state index in [0.717, 1.165) is 5.75 Å². The number of pyridine rings is 1. The van der Waals surface area contributed by atoms with Gasteiger partial charge in [0.1, 0.15) is 16.1 Å². The van der Waals surface area contributed by atoms with Gasteiger partial charge in [0.15, 0.2) is 0 Å². The van der Waals surface area contributed by atoms with Crippen LogP contribution in [0.3, 0.4) is 0 Å². The van der Waals surface area contributed by atoms with Crippen LogP contribution in [0.15, 0.2) is 46.2 Å². The van der Waals surface area contributed by atoms with Crippen LogP contribution in [0.2, 0.25) is 0 Å². The molecular formula is C14H16N2O3S2. The fourth-order valence-corrected chi connectivity index (χ4v) is 4.95. The molecule has 0 saturated carbocycles. The molecule has 0 atom stereocenters. The third kappa shape index (κ3) is 3.25. The van der Waals surface area contributed by atoms with Gasteiger partial charge in [0, 0.05) is 19.3 Å². The largest absolute Gasteiger partial charge is 0.489 e. The molecule has 1 saturated heterocycles. The maximum atomic E-state index is 12.4. The van der Waals surface area contributed by atoms with Crippen molar-refractivity contribution in [1.82, 2.24) is 9.29 Å². The van der Waals surface area contributed by atoms with Crippen molar-refractivity contribution in [2.75, 3.05) is 13.1 Å². The van der Waals surface area contributed by atoms with E-state index in [4.69, 9.17) is 4.74 Å². The number of ether oxygens (including phenoxy) is 1. The van der Waals surface area contributed by atoms with Crippen molar-refractivity contribution >= 4 is 21.4 Å². The molecule has 112 valence electrons. The highest BCUT2D eigenvalue weighted by Crippen LogP contribution is 2.25. The zero-order valence-electron chi connectivity index (χ0n) is 11.4. The maximum absolute atomic E-state index is 12.4. The molecule has 1 aliphatic heterocycles. The highest BCUT2D eigenvalue weighted by molar-refractivity contribution is 7.91. The zero-order valence-corrected chi connectivity index (χ0v) is 13.0. The smallest absolute Gasteiger partial charge is 0.252 e. The number of thiophene rings is 1. The Bertz CT molecular complexity index is 664. The van der Waals surface area contributed by atoms with E-state index in [1.165, 1.54) is 11.3 Å². The quantitative estimate of drug-likeness (QED) is 0.866. The monoisotopic (exact) mass is 324 g/mol. The van der Waals surface area contributed by atoms with Gasteiger partial charge in [0.2, 0.25) is 0 Å². The van der Waals surface area contributed by atoms with Gasteiger partial charge < -0.3 is 4.74 Å². The van der Waals surface area contributed by atoms with Crippen LogP contribution in [-0.2, 0) is 10.0 Å². The van der Waals surface area contributed by atoms with E-state index >= 15 is 0 Å². The van der Waals surface area contributed by atoms with Gasteiger partial charge in [-0.05, 0) is 36.4 Å². The summed E-state index contributed by atoms with van der Waals surface area (Å²) < 4.78 is 32.6. The van der Waals surface area contributed by atoms with Crippen LogP contribution in [0.1, 0.15) is 12.8 Å². The van der Waals surface area contributed by atoms with E-state index in [9.17, 15) is 8.42 Å². The number of aromatic nitrogens is 1. The van der Waals surface area contributed by atoms with Crippen molar-refractivity contribution in [2.45, 2.75) is 23.2 Å².